The van der Waals surface area contributed by atoms with Crippen LogP contribution in [0.4, 0.5) is 0 Å². The van der Waals surface area contributed by atoms with Gasteiger partial charge in [-0.3, -0.25) is 14.6 Å². The van der Waals surface area contributed by atoms with Crippen LogP contribution in [-0.4, -0.2) is 21.5 Å². The molecule has 0 unspecified atom stereocenters. The number of rotatable bonds is 1. The highest BCUT2D eigenvalue weighted by Crippen LogP contribution is 1.87. The predicted molar refractivity (Wildman–Crippen MR) is 50.3 cm³/mol. The van der Waals surface area contributed by atoms with Crippen molar-refractivity contribution in [2.45, 2.75) is 19.9 Å². The number of hydrogen-bond acceptors (Lipinski definition) is 4. The fourth-order valence-electron chi connectivity index (χ4n) is 0.950. The van der Waals surface area contributed by atoms with Crippen molar-refractivity contribution in [1.29, 1.82) is 0 Å². The molecule has 0 fully saturated rings. The van der Waals surface area contributed by atoms with Crippen molar-refractivity contribution in [3.63, 3.8) is 0 Å². The van der Waals surface area contributed by atoms with E-state index >= 15 is 0 Å². The van der Waals surface area contributed by atoms with E-state index < -0.39 is 23.2 Å². The summed E-state index contributed by atoms with van der Waals surface area (Å²) < 4.78 is 0.807. The van der Waals surface area contributed by atoms with Crippen LogP contribution in [0.15, 0.2) is 15.8 Å². The lowest BCUT2D eigenvalue weighted by Crippen LogP contribution is -2.41. The zero-order valence-electron chi connectivity index (χ0n) is 7.90. The number of nitrogens with one attached hydrogen (secondary N) is 1. The Morgan fingerprint density at radius 3 is 2.64 bits per heavy atom. The van der Waals surface area contributed by atoms with Gasteiger partial charge in [-0.05, 0) is 13.8 Å². The first kappa shape index (κ1) is 10.4. The second-order valence-electron chi connectivity index (χ2n) is 3.07. The van der Waals surface area contributed by atoms with Gasteiger partial charge in [-0.2, -0.15) is 0 Å². The van der Waals surface area contributed by atoms with Crippen molar-refractivity contribution >= 4 is 5.91 Å². The molecule has 0 aliphatic rings. The highest BCUT2D eigenvalue weighted by molar-refractivity contribution is 5.83. The Kier molecular flexibility index (Phi) is 2.66. The van der Waals surface area contributed by atoms with Crippen LogP contribution in [0.25, 0.3) is 0 Å². The van der Waals surface area contributed by atoms with E-state index in [1.165, 1.54) is 20.0 Å². The summed E-state index contributed by atoms with van der Waals surface area (Å²) in [6.45, 7) is 2.97. The van der Waals surface area contributed by atoms with Crippen LogP contribution in [-0.2, 0) is 0 Å². The molecular formula is C8H11N3O3. The summed E-state index contributed by atoms with van der Waals surface area (Å²) in [5, 5.41) is 0. The molecule has 1 heterocycles. The standard InChI is InChI=1S/C8H11N3O3/c1-4-3-11(7(13)5(2)9)8(14)10-6(4)12/h3,5H,9H2,1-2H3,(H,10,12,14)/t5-/m0/s1. The Bertz CT molecular complexity index is 469. The second kappa shape index (κ2) is 3.59. The summed E-state index contributed by atoms with van der Waals surface area (Å²) in [4.78, 5) is 35.5. The van der Waals surface area contributed by atoms with Gasteiger partial charge < -0.3 is 5.73 Å². The normalized spacial score (nSPS) is 12.5. The molecule has 0 aliphatic carbocycles. The van der Waals surface area contributed by atoms with Crippen molar-refractivity contribution in [3.05, 3.63) is 32.6 Å². The summed E-state index contributed by atoms with van der Waals surface area (Å²) in [6, 6.07) is -0.780. The maximum Gasteiger partial charge on any atom is 0.335 e. The molecule has 6 nitrogen and oxygen atoms in total. The Morgan fingerprint density at radius 2 is 2.14 bits per heavy atom. The Labute approximate surface area is 79.4 Å². The highest BCUT2D eigenvalue weighted by atomic mass is 16.2. The van der Waals surface area contributed by atoms with Crippen molar-refractivity contribution in [2.75, 3.05) is 0 Å². The zero-order valence-corrected chi connectivity index (χ0v) is 7.90. The fourth-order valence-corrected chi connectivity index (χ4v) is 0.950. The number of hydrogen-bond donors (Lipinski definition) is 2. The SMILES string of the molecule is Cc1cn(C(=O)[C@H](C)N)c(=O)[nH]c1=O. The van der Waals surface area contributed by atoms with Gasteiger partial charge in [0.25, 0.3) is 11.5 Å². The third-order valence-corrected chi connectivity index (χ3v) is 1.75. The molecule has 14 heavy (non-hydrogen) atoms. The second-order valence-corrected chi connectivity index (χ2v) is 3.07. The maximum atomic E-state index is 11.3. The molecule has 0 radical (unpaired) electrons. The minimum atomic E-state index is -0.780. The molecule has 0 spiro atoms. The number of aryl methyl sites for hydroxylation is 1. The largest absolute Gasteiger partial charge is 0.335 e. The number of H-pyrrole nitrogens is 1. The summed E-state index contributed by atoms with van der Waals surface area (Å²) in [6.07, 6.45) is 1.19. The van der Waals surface area contributed by atoms with Gasteiger partial charge in [0.2, 0.25) is 0 Å². The van der Waals surface area contributed by atoms with Crippen LogP contribution in [0, 0.1) is 6.92 Å². The molecule has 6 heteroatoms. The van der Waals surface area contributed by atoms with Crippen LogP contribution < -0.4 is 17.0 Å². The maximum absolute atomic E-state index is 11.3. The van der Waals surface area contributed by atoms with Crippen LogP contribution in [0.3, 0.4) is 0 Å². The minimum absolute atomic E-state index is 0.290. The zero-order chi connectivity index (χ0) is 10.9. The number of aromatic amines is 1. The molecule has 76 valence electrons. The lowest BCUT2D eigenvalue weighted by Gasteiger charge is -2.06. The van der Waals surface area contributed by atoms with Gasteiger partial charge in [0.05, 0.1) is 6.04 Å². The third-order valence-electron chi connectivity index (χ3n) is 1.75. The van der Waals surface area contributed by atoms with Crippen LogP contribution >= 0.6 is 0 Å². The van der Waals surface area contributed by atoms with Crippen molar-refractivity contribution in [2.24, 2.45) is 5.73 Å². The van der Waals surface area contributed by atoms with Gasteiger partial charge in [0.15, 0.2) is 0 Å². The van der Waals surface area contributed by atoms with Gasteiger partial charge in [0.1, 0.15) is 0 Å². The first-order valence-electron chi connectivity index (χ1n) is 4.06. The minimum Gasteiger partial charge on any atom is -0.320 e. The van der Waals surface area contributed by atoms with Gasteiger partial charge in [-0.15, -0.1) is 0 Å². The van der Waals surface area contributed by atoms with Crippen LogP contribution in [0.2, 0.25) is 0 Å². The molecule has 0 aromatic carbocycles. The van der Waals surface area contributed by atoms with Gasteiger partial charge >= 0.3 is 5.69 Å². The number of nitrogens with two attached hydrogens (primary N) is 1. The van der Waals surface area contributed by atoms with E-state index in [0.717, 1.165) is 4.57 Å². The van der Waals surface area contributed by atoms with Crippen LogP contribution in [0.1, 0.15) is 17.3 Å². The van der Waals surface area contributed by atoms with E-state index in [1.54, 1.807) is 0 Å². The van der Waals surface area contributed by atoms with Crippen molar-refractivity contribution in [1.82, 2.24) is 9.55 Å². The Balaban J connectivity index is 3.37. The molecule has 1 aromatic rings. The van der Waals surface area contributed by atoms with E-state index in [9.17, 15) is 14.4 Å². The van der Waals surface area contributed by atoms with Crippen LogP contribution in [0.5, 0.6) is 0 Å². The first-order chi connectivity index (χ1) is 6.43. The Morgan fingerprint density at radius 1 is 1.57 bits per heavy atom. The van der Waals surface area contributed by atoms with E-state index in [-0.39, 0.29) is 0 Å². The molecular weight excluding hydrogens is 186 g/mol. The van der Waals surface area contributed by atoms with Gasteiger partial charge in [-0.1, -0.05) is 0 Å². The molecule has 1 aromatic heterocycles. The van der Waals surface area contributed by atoms with Gasteiger partial charge in [-0.25, -0.2) is 9.36 Å². The molecule has 0 saturated heterocycles. The quantitative estimate of drug-likeness (QED) is 0.592. The molecule has 3 N–H and O–H groups in total. The molecule has 1 rings (SSSR count). The molecule has 0 amide bonds. The van der Waals surface area contributed by atoms with E-state index in [2.05, 4.69) is 0 Å². The number of aromatic nitrogens is 2. The molecule has 1 atom stereocenters. The molecule has 0 bridgehead atoms. The van der Waals surface area contributed by atoms with E-state index in [0.29, 0.717) is 5.56 Å². The topological polar surface area (TPSA) is 97.9 Å². The monoisotopic (exact) mass is 197 g/mol. The lowest BCUT2D eigenvalue weighted by molar-refractivity contribution is 0.0880. The first-order valence-corrected chi connectivity index (χ1v) is 4.06. The predicted octanol–water partition coefficient (Wildman–Crippen LogP) is -1.17. The smallest absolute Gasteiger partial charge is 0.320 e. The molecule has 0 saturated carbocycles. The van der Waals surface area contributed by atoms with Crippen molar-refractivity contribution < 1.29 is 4.79 Å². The molecule has 0 aliphatic heterocycles. The summed E-state index contributed by atoms with van der Waals surface area (Å²) >= 11 is 0. The lowest BCUT2D eigenvalue weighted by atomic mass is 10.3. The highest BCUT2D eigenvalue weighted by Gasteiger charge is 2.12. The van der Waals surface area contributed by atoms with Crippen molar-refractivity contribution in [3.8, 4) is 0 Å². The average Bonchev–Trinajstić information content (AvgIpc) is 2.10. The number of carbonyl (C=O) groups excluding carboxylic acids is 1. The summed E-state index contributed by atoms with van der Waals surface area (Å²) in [5.41, 5.74) is 4.36. The van der Waals surface area contributed by atoms with Gasteiger partial charge in [0, 0.05) is 11.8 Å². The summed E-state index contributed by atoms with van der Waals surface area (Å²) in [7, 11) is 0. The Hall–Kier alpha value is -1.69. The number of carbonyl (C=O) groups is 1. The average molecular weight is 197 g/mol. The van der Waals surface area contributed by atoms with E-state index in [4.69, 9.17) is 5.73 Å². The van der Waals surface area contributed by atoms with E-state index in [1.807, 2.05) is 4.98 Å². The summed E-state index contributed by atoms with van der Waals surface area (Å²) in [5.74, 6) is -0.547. The number of nitrogens with zero attached hydrogens (tertiary/aromatic N) is 1. The third kappa shape index (κ3) is 1.80. The fraction of sp³-hybridized carbons (Fsp3) is 0.375.